The third kappa shape index (κ3) is 4.25. The summed E-state index contributed by atoms with van der Waals surface area (Å²) >= 11 is 0. The van der Waals surface area contributed by atoms with Gasteiger partial charge >= 0.3 is 6.03 Å². The summed E-state index contributed by atoms with van der Waals surface area (Å²) in [7, 11) is 0. The second-order valence-electron chi connectivity index (χ2n) is 6.77. The van der Waals surface area contributed by atoms with Crippen molar-refractivity contribution in [3.8, 4) is 5.75 Å². The molecule has 1 aromatic carbocycles. The van der Waals surface area contributed by atoms with E-state index in [4.69, 9.17) is 4.74 Å². The van der Waals surface area contributed by atoms with Gasteiger partial charge in [-0.15, -0.1) is 0 Å². The molecule has 140 valence electrons. The number of carbonyl (C=O) groups excluding carboxylic acids is 3. The molecule has 26 heavy (non-hydrogen) atoms. The fraction of sp³-hybridized carbons (Fsp3) is 0.500. The normalized spacial score (nSPS) is 20.4. The Morgan fingerprint density at radius 2 is 2.00 bits per heavy atom. The minimum absolute atomic E-state index is 0.151. The zero-order valence-corrected chi connectivity index (χ0v) is 14.9. The highest BCUT2D eigenvalue weighted by molar-refractivity contribution is 5.99. The van der Waals surface area contributed by atoms with E-state index in [9.17, 15) is 14.4 Å². The fourth-order valence-corrected chi connectivity index (χ4v) is 3.13. The molecule has 0 bridgehead atoms. The predicted octanol–water partition coefficient (Wildman–Crippen LogP) is 1.97. The molecule has 8 heteroatoms. The fourth-order valence-electron chi connectivity index (χ4n) is 3.13. The quantitative estimate of drug-likeness (QED) is 0.656. The van der Waals surface area contributed by atoms with Crippen molar-refractivity contribution in [1.29, 1.82) is 0 Å². The molecule has 1 saturated carbocycles. The average molecular weight is 360 g/mol. The summed E-state index contributed by atoms with van der Waals surface area (Å²) in [5.74, 6) is -0.0631. The summed E-state index contributed by atoms with van der Waals surface area (Å²) in [6.07, 6.45) is 3.58. The molecule has 1 aliphatic heterocycles. The molecule has 8 nitrogen and oxygen atoms in total. The van der Waals surface area contributed by atoms with Crippen molar-refractivity contribution in [2.45, 2.75) is 57.7 Å². The topological polar surface area (TPSA) is 109 Å². The molecule has 4 amide bonds. The summed E-state index contributed by atoms with van der Waals surface area (Å²) in [5.41, 5.74) is 1.19. The second-order valence-corrected chi connectivity index (χ2v) is 6.77. The number of urea groups is 1. The van der Waals surface area contributed by atoms with Crippen molar-refractivity contribution in [2.24, 2.45) is 0 Å². The first-order valence-corrected chi connectivity index (χ1v) is 8.92. The van der Waals surface area contributed by atoms with Crippen LogP contribution in [0.1, 0.15) is 39.5 Å². The number of ether oxygens (including phenoxy) is 1. The van der Waals surface area contributed by atoms with Gasteiger partial charge in [0.05, 0.1) is 5.69 Å². The first-order chi connectivity index (χ1) is 12.4. The van der Waals surface area contributed by atoms with Gasteiger partial charge in [-0.3, -0.25) is 14.9 Å². The molecule has 1 fully saturated rings. The van der Waals surface area contributed by atoms with Crippen LogP contribution in [-0.4, -0.2) is 36.0 Å². The number of carbonyl (C=O) groups is 3. The molecule has 2 aliphatic rings. The van der Waals surface area contributed by atoms with Gasteiger partial charge in [-0.05, 0) is 44.9 Å². The van der Waals surface area contributed by atoms with Crippen LogP contribution in [0.15, 0.2) is 18.2 Å². The summed E-state index contributed by atoms with van der Waals surface area (Å²) in [6.45, 7) is 3.34. The lowest BCUT2D eigenvalue weighted by molar-refractivity contribution is -0.123. The Kier molecular flexibility index (Phi) is 5.29. The second kappa shape index (κ2) is 7.63. The van der Waals surface area contributed by atoms with Crippen LogP contribution in [0.3, 0.4) is 0 Å². The summed E-state index contributed by atoms with van der Waals surface area (Å²) < 4.78 is 5.50. The molecule has 2 unspecified atom stereocenters. The Morgan fingerprint density at radius 1 is 1.27 bits per heavy atom. The van der Waals surface area contributed by atoms with Crippen LogP contribution in [0.4, 0.5) is 16.2 Å². The smallest absolute Gasteiger partial charge is 0.321 e. The van der Waals surface area contributed by atoms with Gasteiger partial charge in [0.15, 0.2) is 6.10 Å². The van der Waals surface area contributed by atoms with E-state index in [1.54, 1.807) is 32.0 Å². The average Bonchev–Trinajstić information content (AvgIpc) is 3.08. The maximum Gasteiger partial charge on any atom is 0.321 e. The van der Waals surface area contributed by atoms with Crippen molar-refractivity contribution >= 4 is 29.2 Å². The van der Waals surface area contributed by atoms with Gasteiger partial charge in [0.2, 0.25) is 5.91 Å². The van der Waals surface area contributed by atoms with Crippen LogP contribution in [0.25, 0.3) is 0 Å². The van der Waals surface area contributed by atoms with Crippen molar-refractivity contribution in [3.05, 3.63) is 18.2 Å². The predicted molar refractivity (Wildman–Crippen MR) is 97.2 cm³/mol. The van der Waals surface area contributed by atoms with Crippen LogP contribution in [0.2, 0.25) is 0 Å². The summed E-state index contributed by atoms with van der Waals surface area (Å²) in [5, 5.41) is 10.9. The summed E-state index contributed by atoms with van der Waals surface area (Å²) in [6, 6.07) is 4.24. The van der Waals surface area contributed by atoms with Crippen LogP contribution in [-0.2, 0) is 9.59 Å². The van der Waals surface area contributed by atoms with Gasteiger partial charge in [0, 0.05) is 11.7 Å². The molecule has 1 aliphatic carbocycles. The maximum absolute atomic E-state index is 12.2. The molecule has 3 rings (SSSR count). The van der Waals surface area contributed by atoms with Crippen molar-refractivity contribution in [3.63, 3.8) is 0 Å². The standard InChI is InChI=1S/C18H24N4O4/c1-10(16(23)22-18(25)20-12-5-3-4-6-12)19-13-7-8-15-14(9-13)21-17(24)11(2)26-15/h7-12,19H,3-6H2,1-2H3,(H,21,24)(H2,20,22,23,25). The molecule has 1 heterocycles. The van der Waals surface area contributed by atoms with Gasteiger partial charge in [0.25, 0.3) is 5.91 Å². The molecule has 4 N–H and O–H groups in total. The van der Waals surface area contributed by atoms with Gasteiger partial charge in [-0.2, -0.15) is 0 Å². The van der Waals surface area contributed by atoms with Crippen LogP contribution >= 0.6 is 0 Å². The Morgan fingerprint density at radius 3 is 2.73 bits per heavy atom. The Bertz CT molecular complexity index is 715. The molecule has 0 radical (unpaired) electrons. The molecule has 2 atom stereocenters. The number of benzene rings is 1. The van der Waals surface area contributed by atoms with E-state index >= 15 is 0 Å². The number of rotatable bonds is 4. The zero-order chi connectivity index (χ0) is 18.7. The van der Waals surface area contributed by atoms with Gasteiger partial charge in [-0.25, -0.2) is 4.79 Å². The molecule has 0 saturated heterocycles. The van der Waals surface area contributed by atoms with Crippen molar-refractivity contribution in [1.82, 2.24) is 10.6 Å². The first-order valence-electron chi connectivity index (χ1n) is 8.92. The monoisotopic (exact) mass is 360 g/mol. The number of fused-ring (bicyclic) bond motifs is 1. The van der Waals surface area contributed by atoms with Crippen LogP contribution in [0.5, 0.6) is 5.75 Å². The molecule has 0 aromatic heterocycles. The van der Waals surface area contributed by atoms with Crippen LogP contribution in [0, 0.1) is 0 Å². The number of hydrogen-bond acceptors (Lipinski definition) is 5. The lowest BCUT2D eigenvalue weighted by atomic mass is 10.2. The highest BCUT2D eigenvalue weighted by Crippen LogP contribution is 2.32. The number of anilines is 2. The largest absolute Gasteiger partial charge is 0.479 e. The van der Waals surface area contributed by atoms with Crippen molar-refractivity contribution in [2.75, 3.05) is 10.6 Å². The van der Waals surface area contributed by atoms with E-state index in [1.807, 2.05) is 0 Å². The Labute approximate surface area is 152 Å². The Balaban J connectivity index is 1.54. The van der Waals surface area contributed by atoms with Crippen molar-refractivity contribution < 1.29 is 19.1 Å². The number of amides is 4. The maximum atomic E-state index is 12.2. The third-order valence-corrected chi connectivity index (χ3v) is 4.61. The van der Waals surface area contributed by atoms with Crippen LogP contribution < -0.4 is 26.0 Å². The summed E-state index contributed by atoms with van der Waals surface area (Å²) in [4.78, 5) is 35.8. The van der Waals surface area contributed by atoms with E-state index in [0.717, 1.165) is 25.7 Å². The van der Waals surface area contributed by atoms with E-state index < -0.39 is 24.1 Å². The van der Waals surface area contributed by atoms with Gasteiger partial charge in [-0.1, -0.05) is 12.8 Å². The molecule has 0 spiro atoms. The van der Waals surface area contributed by atoms with Gasteiger partial charge < -0.3 is 20.7 Å². The molecule has 1 aromatic rings. The van der Waals surface area contributed by atoms with E-state index in [-0.39, 0.29) is 11.9 Å². The molecular formula is C18H24N4O4. The number of hydrogen-bond donors (Lipinski definition) is 4. The highest BCUT2D eigenvalue weighted by Gasteiger charge is 2.24. The number of imide groups is 1. The minimum Gasteiger partial charge on any atom is -0.479 e. The van der Waals surface area contributed by atoms with E-state index in [0.29, 0.717) is 17.1 Å². The molecular weight excluding hydrogens is 336 g/mol. The highest BCUT2D eigenvalue weighted by atomic mass is 16.5. The number of nitrogens with one attached hydrogen (secondary N) is 4. The first kappa shape index (κ1) is 18.0. The third-order valence-electron chi connectivity index (χ3n) is 4.61. The lowest BCUT2D eigenvalue weighted by Crippen LogP contribution is -2.48. The SMILES string of the molecule is CC(Nc1ccc2c(c1)NC(=O)C(C)O2)C(=O)NC(=O)NC1CCCC1. The van der Waals surface area contributed by atoms with E-state index in [2.05, 4.69) is 21.3 Å². The Hall–Kier alpha value is -2.77. The van der Waals surface area contributed by atoms with E-state index in [1.165, 1.54) is 0 Å². The minimum atomic E-state index is -0.624. The zero-order valence-electron chi connectivity index (χ0n) is 14.9. The lowest BCUT2D eigenvalue weighted by Gasteiger charge is -2.24. The van der Waals surface area contributed by atoms with Gasteiger partial charge in [0.1, 0.15) is 11.8 Å².